The van der Waals surface area contributed by atoms with Crippen LogP contribution in [-0.2, 0) is 32.1 Å². The van der Waals surface area contributed by atoms with E-state index in [1.54, 1.807) is 0 Å². The third-order valence-electron chi connectivity index (χ3n) is 7.85. The number of rotatable bonds is 4. The number of hydrogen-bond acceptors (Lipinski definition) is 2. The average Bonchev–Trinajstić information content (AvgIpc) is 3.45. The summed E-state index contributed by atoms with van der Waals surface area (Å²) in [5.74, 6) is 0. The summed E-state index contributed by atoms with van der Waals surface area (Å²) in [5.41, 5.74) is 14.5. The van der Waals surface area contributed by atoms with Crippen molar-refractivity contribution < 1.29 is 0 Å². The molecule has 0 spiro atoms. The van der Waals surface area contributed by atoms with E-state index in [2.05, 4.69) is 98.4 Å². The molecule has 5 aromatic rings. The van der Waals surface area contributed by atoms with Gasteiger partial charge in [0.15, 0.2) is 0 Å². The Morgan fingerprint density at radius 1 is 0.541 bits per heavy atom. The quantitative estimate of drug-likeness (QED) is 0.249. The van der Waals surface area contributed by atoms with E-state index in [-0.39, 0.29) is 0 Å². The van der Waals surface area contributed by atoms with Gasteiger partial charge in [-0.25, -0.2) is 9.97 Å². The smallest absolute Gasteiger partial charge is 0.0972 e. The average molecular weight is 487 g/mol. The molecule has 0 atom stereocenters. The van der Waals surface area contributed by atoms with Crippen LogP contribution >= 0.6 is 0 Å². The van der Waals surface area contributed by atoms with Gasteiger partial charge in [-0.2, -0.15) is 0 Å². The molecule has 4 nitrogen and oxygen atoms in total. The predicted octanol–water partition coefficient (Wildman–Crippen LogP) is 7.93. The first-order valence-electron chi connectivity index (χ1n) is 13.6. The molecule has 4 aromatic heterocycles. The molecule has 0 amide bonds. The number of pyridine rings is 2. The van der Waals surface area contributed by atoms with Crippen LogP contribution in [-0.4, -0.2) is 19.9 Å². The van der Waals surface area contributed by atoms with Gasteiger partial charge in [0, 0.05) is 40.0 Å². The Morgan fingerprint density at radius 3 is 1.35 bits per heavy atom. The third kappa shape index (κ3) is 4.01. The van der Waals surface area contributed by atoms with E-state index in [0.29, 0.717) is 0 Å². The summed E-state index contributed by atoms with van der Waals surface area (Å²) in [7, 11) is 0. The van der Waals surface area contributed by atoms with Crippen LogP contribution in [0.25, 0.3) is 46.1 Å². The zero-order valence-electron chi connectivity index (χ0n) is 22.2. The largest absolute Gasteiger partial charge is 0.358 e. The van der Waals surface area contributed by atoms with Gasteiger partial charge in [0.05, 0.1) is 22.4 Å². The maximum absolute atomic E-state index is 5.05. The Hall–Kier alpha value is -3.92. The highest BCUT2D eigenvalue weighted by Gasteiger charge is 2.19. The van der Waals surface area contributed by atoms with E-state index in [0.717, 1.165) is 65.3 Å². The minimum Gasteiger partial charge on any atom is -0.358 e. The summed E-state index contributed by atoms with van der Waals surface area (Å²) in [6, 6.07) is 12.8. The number of aromatic amines is 2. The molecular formula is C33H34N4. The molecular weight excluding hydrogens is 452 g/mol. The van der Waals surface area contributed by atoms with Crippen LogP contribution in [0, 0.1) is 0 Å². The van der Waals surface area contributed by atoms with Gasteiger partial charge in [0.1, 0.15) is 0 Å². The molecule has 2 N–H and O–H groups in total. The van der Waals surface area contributed by atoms with Gasteiger partial charge < -0.3 is 9.97 Å². The number of benzene rings is 1. The first kappa shape index (κ1) is 23.5. The molecule has 186 valence electrons. The molecule has 37 heavy (non-hydrogen) atoms. The zero-order chi connectivity index (χ0) is 25.5. The summed E-state index contributed by atoms with van der Waals surface area (Å²) in [6.45, 7) is 9.04. The van der Waals surface area contributed by atoms with E-state index in [1.165, 1.54) is 45.0 Å². The molecule has 8 bridgehead atoms. The molecule has 1 aromatic carbocycles. The Bertz CT molecular complexity index is 1570. The van der Waals surface area contributed by atoms with Crippen molar-refractivity contribution in [2.45, 2.75) is 59.8 Å². The number of fused-ring (bicyclic) bond motifs is 6. The fraction of sp³-hybridized carbons (Fsp3) is 0.273. The molecule has 0 saturated heterocycles. The van der Waals surface area contributed by atoms with Crippen molar-refractivity contribution in [1.82, 2.24) is 19.9 Å². The van der Waals surface area contributed by atoms with Gasteiger partial charge in [-0.3, -0.25) is 0 Å². The lowest BCUT2D eigenvalue weighted by molar-refractivity contribution is 0.956. The Labute approximate surface area is 218 Å². The number of aromatic nitrogens is 4. The van der Waals surface area contributed by atoms with Crippen molar-refractivity contribution in [2.75, 3.05) is 0 Å². The van der Waals surface area contributed by atoms with Gasteiger partial charge in [-0.15, -0.1) is 0 Å². The highest BCUT2D eigenvalue weighted by molar-refractivity contribution is 6.03. The van der Waals surface area contributed by atoms with Crippen LogP contribution in [0.1, 0.15) is 84.1 Å². The molecule has 5 heterocycles. The fourth-order valence-electron chi connectivity index (χ4n) is 6.06. The van der Waals surface area contributed by atoms with Crippen molar-refractivity contribution in [1.29, 1.82) is 0 Å². The Balaban J connectivity index is 1.64. The number of H-pyrrole nitrogens is 2. The molecule has 0 fully saturated rings. The van der Waals surface area contributed by atoms with Crippen molar-refractivity contribution in [3.05, 3.63) is 92.8 Å². The van der Waals surface area contributed by atoms with Gasteiger partial charge >= 0.3 is 0 Å². The summed E-state index contributed by atoms with van der Waals surface area (Å²) < 4.78 is 0. The SMILES string of the molecule is CCc1c2[nH]c(c1CC)Cc1[nH]c(c(CC)c1CC)/C=C\c1ccc3ccc4ccc(nc4c3n1)C=C2. The first-order chi connectivity index (χ1) is 18.1. The standard InChI is InChI=1S/C33H34N4/c1-5-24-26(7-3)30-19-31-27(8-4)25(6-2)29(37-31)18-16-23-14-12-21-10-9-20-11-13-22(15-17-28(24)36-30)34-32(20)33(21)35-23/h9-18,36-37H,5-8,19H2,1-4H3/b17-15-,18-16?. The normalized spacial score (nSPS) is 13.8. The molecule has 1 aliphatic rings. The van der Waals surface area contributed by atoms with E-state index in [9.17, 15) is 0 Å². The number of hydrogen-bond donors (Lipinski definition) is 2. The van der Waals surface area contributed by atoms with E-state index in [1.807, 2.05) is 0 Å². The molecule has 0 radical (unpaired) electrons. The van der Waals surface area contributed by atoms with Crippen molar-refractivity contribution in [3.8, 4) is 0 Å². The first-order valence-corrected chi connectivity index (χ1v) is 13.6. The zero-order valence-corrected chi connectivity index (χ0v) is 22.2. The second-order valence-corrected chi connectivity index (χ2v) is 9.89. The summed E-state index contributed by atoms with van der Waals surface area (Å²) in [5, 5.41) is 2.21. The topological polar surface area (TPSA) is 57.4 Å². The lowest BCUT2D eigenvalue weighted by atomic mass is 9.98. The molecule has 4 heteroatoms. The van der Waals surface area contributed by atoms with Crippen LogP contribution in [0.4, 0.5) is 0 Å². The maximum atomic E-state index is 5.05. The highest BCUT2D eigenvalue weighted by Crippen LogP contribution is 2.30. The second kappa shape index (κ2) is 9.51. The van der Waals surface area contributed by atoms with Gasteiger partial charge in [-0.1, -0.05) is 52.0 Å². The van der Waals surface area contributed by atoms with E-state index in [4.69, 9.17) is 9.97 Å². The minimum absolute atomic E-state index is 0.883. The number of nitrogens with one attached hydrogen (secondary N) is 2. The van der Waals surface area contributed by atoms with E-state index < -0.39 is 0 Å². The Morgan fingerprint density at radius 2 is 0.946 bits per heavy atom. The summed E-state index contributed by atoms with van der Waals surface area (Å²) in [6.07, 6.45) is 13.6. The van der Waals surface area contributed by atoms with Crippen LogP contribution in [0.5, 0.6) is 0 Å². The molecule has 0 unspecified atom stereocenters. The van der Waals surface area contributed by atoms with Crippen LogP contribution in [0.15, 0.2) is 36.4 Å². The monoisotopic (exact) mass is 486 g/mol. The van der Waals surface area contributed by atoms with Gasteiger partial charge in [0.2, 0.25) is 0 Å². The van der Waals surface area contributed by atoms with Crippen molar-refractivity contribution in [2.24, 2.45) is 0 Å². The Kier molecular flexibility index (Phi) is 6.03. The second-order valence-electron chi connectivity index (χ2n) is 9.89. The summed E-state index contributed by atoms with van der Waals surface area (Å²) >= 11 is 0. The van der Waals surface area contributed by atoms with Gasteiger partial charge in [-0.05, 0) is 84.4 Å². The summed E-state index contributed by atoms with van der Waals surface area (Å²) in [4.78, 5) is 17.7. The van der Waals surface area contributed by atoms with Crippen LogP contribution in [0.2, 0.25) is 0 Å². The van der Waals surface area contributed by atoms with Gasteiger partial charge in [0.25, 0.3) is 0 Å². The maximum Gasteiger partial charge on any atom is 0.0972 e. The lowest BCUT2D eigenvalue weighted by Gasteiger charge is -2.06. The molecule has 1 aliphatic heterocycles. The molecule has 0 saturated carbocycles. The molecule has 0 aliphatic carbocycles. The minimum atomic E-state index is 0.883. The van der Waals surface area contributed by atoms with Crippen LogP contribution in [0.3, 0.4) is 0 Å². The highest BCUT2D eigenvalue weighted by atomic mass is 14.8. The van der Waals surface area contributed by atoms with Crippen molar-refractivity contribution >= 4 is 46.1 Å². The van der Waals surface area contributed by atoms with Crippen molar-refractivity contribution in [3.63, 3.8) is 0 Å². The molecule has 6 rings (SSSR count). The lowest BCUT2D eigenvalue weighted by Crippen LogP contribution is -1.98. The van der Waals surface area contributed by atoms with E-state index >= 15 is 0 Å². The van der Waals surface area contributed by atoms with Crippen LogP contribution < -0.4 is 0 Å². The number of nitrogens with zero attached hydrogens (tertiary/aromatic N) is 2. The fourth-order valence-corrected chi connectivity index (χ4v) is 6.06. The predicted molar refractivity (Wildman–Crippen MR) is 157 cm³/mol. The third-order valence-corrected chi connectivity index (χ3v) is 7.85.